The summed E-state index contributed by atoms with van der Waals surface area (Å²) in [4.78, 5) is 10.6. The van der Waals surface area contributed by atoms with Gasteiger partial charge in [0.1, 0.15) is 11.6 Å². The Labute approximate surface area is 433 Å². The maximum Gasteiger partial charge on any atom is 0.148 e. The molecule has 0 unspecified atom stereocenters. The van der Waals surface area contributed by atoms with E-state index in [1.165, 1.54) is 16.7 Å². The molecule has 0 amide bonds. The van der Waals surface area contributed by atoms with Crippen LogP contribution in [0.2, 0.25) is 0 Å². The van der Waals surface area contributed by atoms with Gasteiger partial charge in [0.15, 0.2) is 0 Å². The van der Waals surface area contributed by atoms with Crippen molar-refractivity contribution >= 4 is 11.0 Å². The predicted octanol–water partition coefficient (Wildman–Crippen LogP) is 17.0. The zero-order chi connectivity index (χ0) is 48.0. The largest absolute Gasteiger partial charge is 0.507 e. The fraction of sp³-hybridized carbons (Fsp3) is 0.182. The van der Waals surface area contributed by atoms with Crippen molar-refractivity contribution in [3.63, 3.8) is 0 Å². The van der Waals surface area contributed by atoms with E-state index in [9.17, 15) is 5.11 Å². The van der Waals surface area contributed by atoms with E-state index < -0.39 is 0 Å². The fourth-order valence-corrected chi connectivity index (χ4v) is 10.7. The number of para-hydroxylation sites is 1. The summed E-state index contributed by atoms with van der Waals surface area (Å²) >= 11 is 0. The van der Waals surface area contributed by atoms with Crippen LogP contribution in [0.25, 0.3) is 83.9 Å². The number of hydrogen-bond donors (Lipinski definition) is 1. The topological polar surface area (TPSA) is 50.9 Å². The number of phenols is 1. The summed E-state index contributed by atoms with van der Waals surface area (Å²) in [6.45, 7) is 11.6. The first-order valence-corrected chi connectivity index (χ1v) is 24.7. The van der Waals surface area contributed by atoms with E-state index in [-0.39, 0.29) is 43.1 Å². The van der Waals surface area contributed by atoms with Crippen LogP contribution in [-0.2, 0) is 37.3 Å². The SMILES string of the molecule is CC(C)(C)c1cc(-c2cc(-c3ccccc3)ccn2)[c-]c(-c2cccc3c2nc(-c2cc(-c4ccccc4)cc(-c4ccccc4)c2O)n3-c2ccc(C3(C)CCC(C)(c4ccccc4)CC3)cc2)c1.[Pt]. The van der Waals surface area contributed by atoms with E-state index in [1.807, 2.05) is 36.5 Å². The molecule has 354 valence electrons. The Morgan fingerprint density at radius 3 is 1.65 bits per heavy atom. The van der Waals surface area contributed by atoms with Gasteiger partial charge in [-0.05, 0) is 117 Å². The minimum Gasteiger partial charge on any atom is -0.507 e. The first kappa shape index (κ1) is 47.5. The van der Waals surface area contributed by atoms with Crippen molar-refractivity contribution in [1.82, 2.24) is 14.5 Å². The first-order valence-electron chi connectivity index (χ1n) is 24.7. The van der Waals surface area contributed by atoms with Gasteiger partial charge in [-0.15, -0.1) is 29.3 Å². The van der Waals surface area contributed by atoms with Crippen LogP contribution in [0, 0.1) is 6.07 Å². The molecule has 5 heteroatoms. The normalized spacial score (nSPS) is 16.9. The van der Waals surface area contributed by atoms with Crippen LogP contribution in [0.4, 0.5) is 0 Å². The summed E-state index contributed by atoms with van der Waals surface area (Å²) in [5.41, 5.74) is 17.1. The summed E-state index contributed by atoms with van der Waals surface area (Å²) in [7, 11) is 0. The van der Waals surface area contributed by atoms with Gasteiger partial charge in [-0.3, -0.25) is 9.55 Å². The second-order valence-electron chi connectivity index (χ2n) is 20.9. The van der Waals surface area contributed by atoms with E-state index in [2.05, 4.69) is 215 Å². The molecule has 1 aliphatic rings. The average Bonchev–Trinajstić information content (AvgIpc) is 3.80. The molecule has 2 heterocycles. The molecular weight excluding hydrogens is 1050 g/mol. The molecule has 1 saturated carbocycles. The summed E-state index contributed by atoms with van der Waals surface area (Å²) in [6, 6.07) is 74.5. The molecule has 0 spiro atoms. The molecule has 10 aromatic rings. The number of rotatable bonds is 9. The maximum absolute atomic E-state index is 12.6. The van der Waals surface area contributed by atoms with Crippen molar-refractivity contribution in [2.24, 2.45) is 0 Å². The number of pyridine rings is 1. The first-order chi connectivity index (χ1) is 33.9. The Morgan fingerprint density at radius 1 is 0.507 bits per heavy atom. The van der Waals surface area contributed by atoms with E-state index in [4.69, 9.17) is 9.97 Å². The molecule has 0 saturated heterocycles. The fourth-order valence-electron chi connectivity index (χ4n) is 10.7. The number of aromatic hydroxyl groups is 1. The molecular formula is C66H58N3OPt-. The van der Waals surface area contributed by atoms with Crippen LogP contribution >= 0.6 is 0 Å². The van der Waals surface area contributed by atoms with Gasteiger partial charge in [0.05, 0.1) is 16.6 Å². The van der Waals surface area contributed by atoms with Gasteiger partial charge < -0.3 is 5.11 Å². The van der Waals surface area contributed by atoms with Crippen molar-refractivity contribution in [2.45, 2.75) is 76.5 Å². The van der Waals surface area contributed by atoms with Gasteiger partial charge in [-0.1, -0.05) is 197 Å². The van der Waals surface area contributed by atoms with Crippen LogP contribution in [0.1, 0.15) is 77.0 Å². The van der Waals surface area contributed by atoms with Gasteiger partial charge in [-0.2, -0.15) is 0 Å². The van der Waals surface area contributed by atoms with Crippen molar-refractivity contribution in [2.75, 3.05) is 0 Å². The van der Waals surface area contributed by atoms with Crippen LogP contribution in [0.3, 0.4) is 0 Å². The summed E-state index contributed by atoms with van der Waals surface area (Å²) in [6.07, 6.45) is 6.39. The number of hydrogen-bond acceptors (Lipinski definition) is 3. The van der Waals surface area contributed by atoms with Crippen molar-refractivity contribution in [3.8, 4) is 78.6 Å². The molecule has 0 atom stereocenters. The molecule has 8 aromatic carbocycles. The van der Waals surface area contributed by atoms with Gasteiger partial charge in [0, 0.05) is 44.2 Å². The van der Waals surface area contributed by atoms with Crippen molar-refractivity contribution in [3.05, 3.63) is 229 Å². The Balaban J connectivity index is 0.00000582. The Hall–Kier alpha value is -7.13. The third-order valence-electron chi connectivity index (χ3n) is 15.1. The number of imidazole rings is 1. The van der Waals surface area contributed by atoms with E-state index in [0.717, 1.165) is 98.2 Å². The smallest absolute Gasteiger partial charge is 0.148 e. The number of fused-ring (bicyclic) bond motifs is 1. The third-order valence-corrected chi connectivity index (χ3v) is 15.1. The standard InChI is InChI=1S/C66H58N3O.Pt/c1-64(2,3)54-40-50(39-51(41-54)59-44-48(33-38-67-59)45-19-10-6-11-20-45)56-27-18-28-60-61(56)68-63(58-43-49(46-21-12-7-13-22-46)42-57(62(58)70)47-23-14-8-15-24-47)69(60)55-31-29-53(30-32-55)66(5)36-34-65(4,35-37-66)52-25-16-9-17-26-52;/h6-33,38,40-44,70H,34-37H2,1-5H3;/q-1;. The number of benzene rings is 8. The zero-order valence-corrected chi connectivity index (χ0v) is 43.3. The predicted molar refractivity (Wildman–Crippen MR) is 290 cm³/mol. The van der Waals surface area contributed by atoms with Crippen LogP contribution in [-0.4, -0.2) is 19.6 Å². The summed E-state index contributed by atoms with van der Waals surface area (Å²) in [5, 5.41) is 12.6. The quantitative estimate of drug-likeness (QED) is 0.147. The van der Waals surface area contributed by atoms with Crippen molar-refractivity contribution < 1.29 is 26.2 Å². The van der Waals surface area contributed by atoms with Crippen LogP contribution in [0.15, 0.2) is 206 Å². The third kappa shape index (κ3) is 9.23. The molecule has 1 N–H and O–H groups in total. The Morgan fingerprint density at radius 2 is 1.04 bits per heavy atom. The molecule has 11 rings (SSSR count). The number of nitrogens with zero attached hydrogens (tertiary/aromatic N) is 3. The molecule has 0 bridgehead atoms. The van der Waals surface area contributed by atoms with E-state index in [1.54, 1.807) is 0 Å². The maximum atomic E-state index is 12.6. The van der Waals surface area contributed by atoms with Gasteiger partial charge in [0.2, 0.25) is 0 Å². The van der Waals surface area contributed by atoms with Gasteiger partial charge >= 0.3 is 0 Å². The summed E-state index contributed by atoms with van der Waals surface area (Å²) in [5.74, 6) is 0.847. The Kier molecular flexibility index (Phi) is 12.9. The minimum atomic E-state index is -0.164. The van der Waals surface area contributed by atoms with E-state index >= 15 is 0 Å². The van der Waals surface area contributed by atoms with Gasteiger partial charge in [0.25, 0.3) is 0 Å². The van der Waals surface area contributed by atoms with Gasteiger partial charge in [-0.25, -0.2) is 4.98 Å². The molecule has 0 radical (unpaired) electrons. The Bertz CT molecular complexity index is 3480. The van der Waals surface area contributed by atoms with Crippen LogP contribution in [0.5, 0.6) is 5.75 Å². The number of aromatic nitrogens is 3. The summed E-state index contributed by atoms with van der Waals surface area (Å²) < 4.78 is 2.25. The molecule has 4 nitrogen and oxygen atoms in total. The molecule has 1 fully saturated rings. The monoisotopic (exact) mass is 1100 g/mol. The molecule has 1 aliphatic carbocycles. The second kappa shape index (κ2) is 19.2. The second-order valence-corrected chi connectivity index (χ2v) is 20.9. The average molecular weight is 1100 g/mol. The molecule has 0 aliphatic heterocycles. The van der Waals surface area contributed by atoms with E-state index in [0.29, 0.717) is 11.4 Å². The van der Waals surface area contributed by atoms with Crippen molar-refractivity contribution in [1.29, 1.82) is 0 Å². The number of phenolic OH excluding ortho intramolecular Hbond substituents is 1. The minimum absolute atomic E-state index is 0. The zero-order valence-electron chi connectivity index (χ0n) is 41.1. The molecule has 2 aromatic heterocycles. The van der Waals surface area contributed by atoms with Crippen LogP contribution < -0.4 is 0 Å². The molecule has 71 heavy (non-hydrogen) atoms.